The topological polar surface area (TPSA) is 74.8 Å². The van der Waals surface area contributed by atoms with Gasteiger partial charge in [-0.25, -0.2) is 13.4 Å². The Morgan fingerprint density at radius 3 is 2.35 bits per heavy atom. The average molecular weight is 439 g/mol. The standard InChI is InChI=1S/C23H26N4O3S/c1-18-9-11-19(12-10-18)24-22-7-4-8-23(25-22)26-13-15-27(16-14-26)31(28,29)21-6-3-5-20(17-21)30-2/h3-12,17H,13-16H2,1-2H3,(H,24,25). The highest BCUT2D eigenvalue weighted by Gasteiger charge is 2.29. The first-order valence-corrected chi connectivity index (χ1v) is 11.6. The zero-order chi connectivity index (χ0) is 21.8. The van der Waals surface area contributed by atoms with E-state index in [-0.39, 0.29) is 4.90 Å². The molecule has 31 heavy (non-hydrogen) atoms. The van der Waals surface area contributed by atoms with Gasteiger partial charge in [-0.15, -0.1) is 0 Å². The van der Waals surface area contributed by atoms with Crippen LogP contribution in [0.4, 0.5) is 17.3 Å². The minimum absolute atomic E-state index is 0.253. The van der Waals surface area contributed by atoms with Crippen LogP contribution in [0.15, 0.2) is 71.6 Å². The highest BCUT2D eigenvalue weighted by atomic mass is 32.2. The number of sulfonamides is 1. The number of nitrogens with one attached hydrogen (secondary N) is 1. The molecule has 2 aromatic carbocycles. The first-order chi connectivity index (χ1) is 15.0. The fourth-order valence-corrected chi connectivity index (χ4v) is 4.98. The predicted molar refractivity (Wildman–Crippen MR) is 123 cm³/mol. The van der Waals surface area contributed by atoms with Crippen LogP contribution >= 0.6 is 0 Å². The molecule has 8 heteroatoms. The number of piperazine rings is 1. The summed E-state index contributed by atoms with van der Waals surface area (Å²) in [6.07, 6.45) is 0. The molecule has 1 aromatic heterocycles. The SMILES string of the molecule is COc1cccc(S(=O)(=O)N2CCN(c3cccc(Nc4ccc(C)cc4)n3)CC2)c1. The summed E-state index contributed by atoms with van der Waals surface area (Å²) in [4.78, 5) is 7.07. The number of hydrogen-bond donors (Lipinski definition) is 1. The maximum Gasteiger partial charge on any atom is 0.243 e. The zero-order valence-electron chi connectivity index (χ0n) is 17.7. The van der Waals surface area contributed by atoms with E-state index in [1.165, 1.54) is 17.0 Å². The van der Waals surface area contributed by atoms with Crippen molar-refractivity contribution in [2.24, 2.45) is 0 Å². The summed E-state index contributed by atoms with van der Waals surface area (Å²) in [5, 5.41) is 3.32. The molecule has 0 radical (unpaired) electrons. The van der Waals surface area contributed by atoms with E-state index >= 15 is 0 Å². The molecule has 0 saturated carbocycles. The van der Waals surface area contributed by atoms with E-state index < -0.39 is 10.0 Å². The number of anilines is 3. The molecular formula is C23H26N4O3S. The van der Waals surface area contributed by atoms with E-state index in [2.05, 4.69) is 17.1 Å². The lowest BCUT2D eigenvalue weighted by Gasteiger charge is -2.34. The van der Waals surface area contributed by atoms with Gasteiger partial charge < -0.3 is 15.0 Å². The number of ether oxygens (including phenoxy) is 1. The van der Waals surface area contributed by atoms with Crippen LogP contribution in [0.3, 0.4) is 0 Å². The van der Waals surface area contributed by atoms with Gasteiger partial charge in [0.15, 0.2) is 0 Å². The second kappa shape index (κ2) is 8.95. The molecule has 0 bridgehead atoms. The van der Waals surface area contributed by atoms with Gasteiger partial charge in [-0.05, 0) is 43.3 Å². The summed E-state index contributed by atoms with van der Waals surface area (Å²) >= 11 is 0. The Hall–Kier alpha value is -3.10. The summed E-state index contributed by atoms with van der Waals surface area (Å²) < 4.78 is 32.7. The summed E-state index contributed by atoms with van der Waals surface area (Å²) in [6, 6.07) is 20.6. The summed E-state index contributed by atoms with van der Waals surface area (Å²) in [5.74, 6) is 2.12. The normalized spacial score (nSPS) is 15.0. The molecule has 0 spiro atoms. The Kier molecular flexibility index (Phi) is 6.11. The van der Waals surface area contributed by atoms with Gasteiger partial charge in [0.2, 0.25) is 10.0 Å². The second-order valence-electron chi connectivity index (χ2n) is 7.44. The van der Waals surface area contributed by atoms with Gasteiger partial charge in [-0.3, -0.25) is 0 Å². The first-order valence-electron chi connectivity index (χ1n) is 10.2. The quantitative estimate of drug-likeness (QED) is 0.633. The van der Waals surface area contributed by atoms with Crippen LogP contribution in [-0.4, -0.2) is 51.0 Å². The number of aromatic nitrogens is 1. The number of nitrogens with zero attached hydrogens (tertiary/aromatic N) is 3. The monoisotopic (exact) mass is 438 g/mol. The number of methoxy groups -OCH3 is 1. The van der Waals surface area contributed by atoms with E-state index in [1.807, 2.05) is 42.5 Å². The molecule has 1 aliphatic rings. The minimum Gasteiger partial charge on any atom is -0.497 e. The third-order valence-corrected chi connectivity index (χ3v) is 7.19. The van der Waals surface area contributed by atoms with Gasteiger partial charge in [0, 0.05) is 37.9 Å². The summed E-state index contributed by atoms with van der Waals surface area (Å²) in [6.45, 7) is 4.00. The fraction of sp³-hybridized carbons (Fsp3) is 0.261. The van der Waals surface area contributed by atoms with Gasteiger partial charge in [0.25, 0.3) is 0 Å². The molecule has 3 aromatic rings. The second-order valence-corrected chi connectivity index (χ2v) is 9.38. The number of hydrogen-bond acceptors (Lipinski definition) is 6. The molecule has 0 unspecified atom stereocenters. The molecule has 1 aliphatic heterocycles. The fourth-order valence-electron chi connectivity index (χ4n) is 3.52. The molecule has 7 nitrogen and oxygen atoms in total. The highest BCUT2D eigenvalue weighted by molar-refractivity contribution is 7.89. The Bertz CT molecular complexity index is 1140. The lowest BCUT2D eigenvalue weighted by molar-refractivity contribution is 0.382. The highest BCUT2D eigenvalue weighted by Crippen LogP contribution is 2.24. The molecule has 1 saturated heterocycles. The third kappa shape index (κ3) is 4.81. The smallest absolute Gasteiger partial charge is 0.243 e. The number of pyridine rings is 1. The molecule has 4 rings (SSSR count). The van der Waals surface area contributed by atoms with Crippen molar-refractivity contribution in [3.63, 3.8) is 0 Å². The Morgan fingerprint density at radius 2 is 1.65 bits per heavy atom. The Labute approximate surface area is 183 Å². The minimum atomic E-state index is -3.56. The van der Waals surface area contributed by atoms with Crippen molar-refractivity contribution in [3.8, 4) is 5.75 Å². The van der Waals surface area contributed by atoms with Crippen LogP contribution in [0, 0.1) is 6.92 Å². The molecule has 2 heterocycles. The molecule has 1 N–H and O–H groups in total. The van der Waals surface area contributed by atoms with E-state index in [9.17, 15) is 8.42 Å². The first kappa shape index (κ1) is 21.1. The van der Waals surface area contributed by atoms with Gasteiger partial charge in [-0.2, -0.15) is 4.31 Å². The number of rotatable bonds is 6. The van der Waals surface area contributed by atoms with Crippen LogP contribution in [0.2, 0.25) is 0 Å². The van der Waals surface area contributed by atoms with Crippen molar-refractivity contribution in [1.29, 1.82) is 0 Å². The predicted octanol–water partition coefficient (Wildman–Crippen LogP) is 3.65. The molecule has 162 valence electrons. The van der Waals surface area contributed by atoms with Gasteiger partial charge in [-0.1, -0.05) is 29.8 Å². The zero-order valence-corrected chi connectivity index (χ0v) is 18.5. The van der Waals surface area contributed by atoms with Crippen LogP contribution in [0.25, 0.3) is 0 Å². The van der Waals surface area contributed by atoms with E-state index in [0.717, 1.165) is 17.3 Å². The summed E-state index contributed by atoms with van der Waals surface area (Å²) in [7, 11) is -2.03. The maximum absolute atomic E-state index is 13.0. The van der Waals surface area contributed by atoms with Crippen molar-refractivity contribution in [1.82, 2.24) is 9.29 Å². The molecule has 1 fully saturated rings. The number of aryl methyl sites for hydroxylation is 1. The van der Waals surface area contributed by atoms with E-state index in [0.29, 0.717) is 31.9 Å². The molecular weight excluding hydrogens is 412 g/mol. The van der Waals surface area contributed by atoms with Gasteiger partial charge in [0.05, 0.1) is 12.0 Å². The largest absolute Gasteiger partial charge is 0.497 e. The van der Waals surface area contributed by atoms with Crippen molar-refractivity contribution in [3.05, 3.63) is 72.3 Å². The summed E-state index contributed by atoms with van der Waals surface area (Å²) in [5.41, 5.74) is 2.18. The Balaban J connectivity index is 1.43. The van der Waals surface area contributed by atoms with Crippen molar-refractivity contribution in [2.75, 3.05) is 43.5 Å². The van der Waals surface area contributed by atoms with Gasteiger partial charge in [0.1, 0.15) is 17.4 Å². The van der Waals surface area contributed by atoms with Crippen LogP contribution in [0.5, 0.6) is 5.75 Å². The van der Waals surface area contributed by atoms with Gasteiger partial charge >= 0.3 is 0 Å². The van der Waals surface area contributed by atoms with E-state index in [1.54, 1.807) is 24.3 Å². The third-order valence-electron chi connectivity index (χ3n) is 5.30. The molecule has 0 aliphatic carbocycles. The molecule has 0 atom stereocenters. The van der Waals surface area contributed by atoms with Crippen LogP contribution in [0.1, 0.15) is 5.56 Å². The number of benzene rings is 2. The van der Waals surface area contributed by atoms with Crippen molar-refractivity contribution < 1.29 is 13.2 Å². The van der Waals surface area contributed by atoms with Crippen molar-refractivity contribution in [2.45, 2.75) is 11.8 Å². The van der Waals surface area contributed by atoms with E-state index in [4.69, 9.17) is 9.72 Å². The lowest BCUT2D eigenvalue weighted by atomic mass is 10.2. The lowest BCUT2D eigenvalue weighted by Crippen LogP contribution is -2.48. The van der Waals surface area contributed by atoms with Crippen molar-refractivity contribution >= 4 is 27.3 Å². The van der Waals surface area contributed by atoms with Crippen LogP contribution < -0.4 is 15.0 Å². The van der Waals surface area contributed by atoms with Crippen LogP contribution in [-0.2, 0) is 10.0 Å². The Morgan fingerprint density at radius 1 is 0.935 bits per heavy atom. The average Bonchev–Trinajstić information content (AvgIpc) is 2.81. The molecule has 0 amide bonds. The maximum atomic E-state index is 13.0.